The molecule has 0 bridgehead atoms. The van der Waals surface area contributed by atoms with E-state index in [1.807, 2.05) is 18.2 Å². The smallest absolute Gasteiger partial charge is 0.0468 e. The van der Waals surface area contributed by atoms with Gasteiger partial charge < -0.3 is 5.32 Å². The third-order valence-corrected chi connectivity index (χ3v) is 3.77. The summed E-state index contributed by atoms with van der Waals surface area (Å²) < 4.78 is 0. The van der Waals surface area contributed by atoms with E-state index in [4.69, 9.17) is 23.2 Å². The third-order valence-electron chi connectivity index (χ3n) is 3.21. The predicted molar refractivity (Wildman–Crippen MR) is 76.9 cm³/mol. The van der Waals surface area contributed by atoms with Crippen LogP contribution in [-0.2, 0) is 0 Å². The van der Waals surface area contributed by atoms with Crippen molar-refractivity contribution in [3.63, 3.8) is 0 Å². The van der Waals surface area contributed by atoms with Crippen LogP contribution in [0.4, 0.5) is 0 Å². The van der Waals surface area contributed by atoms with Crippen molar-refractivity contribution in [3.8, 4) is 0 Å². The molecule has 0 aromatic heterocycles. The molecule has 1 aromatic rings. The molecule has 17 heavy (non-hydrogen) atoms. The first-order valence-corrected chi connectivity index (χ1v) is 6.92. The Hall–Kier alpha value is -0.240. The fourth-order valence-corrected chi connectivity index (χ4v) is 2.26. The zero-order valence-electron chi connectivity index (χ0n) is 10.9. The summed E-state index contributed by atoms with van der Waals surface area (Å²) in [5, 5.41) is 5.04. The molecule has 0 aliphatic carbocycles. The molecule has 2 unspecified atom stereocenters. The van der Waals surface area contributed by atoms with Gasteiger partial charge in [-0.1, -0.05) is 50.0 Å². The van der Waals surface area contributed by atoms with Gasteiger partial charge in [0.25, 0.3) is 0 Å². The highest BCUT2D eigenvalue weighted by molar-refractivity contribution is 6.35. The Bertz CT molecular complexity index is 363. The highest BCUT2D eigenvalue weighted by atomic mass is 35.5. The molecular formula is C14H21Cl2N. The van der Waals surface area contributed by atoms with Crippen LogP contribution >= 0.6 is 23.2 Å². The molecule has 0 spiro atoms. The number of halogens is 2. The van der Waals surface area contributed by atoms with Gasteiger partial charge >= 0.3 is 0 Å². The van der Waals surface area contributed by atoms with Crippen molar-refractivity contribution in [2.45, 2.75) is 46.2 Å². The molecule has 0 amide bonds. The van der Waals surface area contributed by atoms with Crippen molar-refractivity contribution in [2.24, 2.45) is 5.92 Å². The van der Waals surface area contributed by atoms with Crippen molar-refractivity contribution < 1.29 is 0 Å². The van der Waals surface area contributed by atoms with E-state index in [0.29, 0.717) is 17.0 Å². The molecule has 1 rings (SSSR count). The quantitative estimate of drug-likeness (QED) is 0.789. The average molecular weight is 274 g/mol. The van der Waals surface area contributed by atoms with Gasteiger partial charge in [0.2, 0.25) is 0 Å². The van der Waals surface area contributed by atoms with Crippen LogP contribution in [0.5, 0.6) is 0 Å². The fourth-order valence-electron chi connectivity index (χ4n) is 1.72. The first-order valence-electron chi connectivity index (χ1n) is 6.16. The molecule has 1 nitrogen and oxygen atoms in total. The maximum atomic E-state index is 6.24. The van der Waals surface area contributed by atoms with E-state index in [2.05, 4.69) is 33.0 Å². The van der Waals surface area contributed by atoms with Gasteiger partial charge in [-0.05, 0) is 37.0 Å². The monoisotopic (exact) mass is 273 g/mol. The summed E-state index contributed by atoms with van der Waals surface area (Å²) in [7, 11) is 0. The van der Waals surface area contributed by atoms with Crippen molar-refractivity contribution in [1.29, 1.82) is 0 Å². The van der Waals surface area contributed by atoms with Crippen LogP contribution in [0.2, 0.25) is 10.0 Å². The number of hydrogen-bond acceptors (Lipinski definition) is 1. The van der Waals surface area contributed by atoms with Crippen molar-refractivity contribution >= 4 is 23.2 Å². The summed E-state index contributed by atoms with van der Waals surface area (Å²) in [6.45, 7) is 8.80. The van der Waals surface area contributed by atoms with Gasteiger partial charge in [-0.3, -0.25) is 0 Å². The topological polar surface area (TPSA) is 12.0 Å². The minimum absolute atomic E-state index is 0.289. The Morgan fingerprint density at radius 3 is 2.29 bits per heavy atom. The van der Waals surface area contributed by atoms with E-state index < -0.39 is 0 Å². The lowest BCUT2D eigenvalue weighted by atomic mass is 10.00. The molecule has 0 heterocycles. The second-order valence-corrected chi connectivity index (χ2v) is 5.67. The fraction of sp³-hybridized carbons (Fsp3) is 0.571. The molecule has 0 aliphatic rings. The lowest BCUT2D eigenvalue weighted by Gasteiger charge is -2.26. The lowest BCUT2D eigenvalue weighted by molar-refractivity contribution is 0.370. The van der Waals surface area contributed by atoms with E-state index >= 15 is 0 Å². The second kappa shape index (κ2) is 6.63. The van der Waals surface area contributed by atoms with Gasteiger partial charge in [0.05, 0.1) is 0 Å². The normalized spacial score (nSPS) is 15.0. The minimum atomic E-state index is 0.289. The van der Waals surface area contributed by atoms with Gasteiger partial charge in [-0.15, -0.1) is 0 Å². The standard InChI is InChI=1S/C14H21Cl2N/c1-5-14(17-10(4)9(2)3)12-7-6-11(15)8-13(12)16/h6-10,14,17H,5H2,1-4H3. The Morgan fingerprint density at radius 1 is 1.18 bits per heavy atom. The van der Waals surface area contributed by atoms with Gasteiger partial charge in [0, 0.05) is 22.1 Å². The van der Waals surface area contributed by atoms with Crippen molar-refractivity contribution in [1.82, 2.24) is 5.32 Å². The highest BCUT2D eigenvalue weighted by Gasteiger charge is 2.17. The predicted octanol–water partition coefficient (Wildman–Crippen LogP) is 5.08. The second-order valence-electron chi connectivity index (χ2n) is 4.83. The molecule has 0 saturated carbocycles. The molecule has 0 saturated heterocycles. The Balaban J connectivity index is 2.86. The first-order chi connectivity index (χ1) is 7.95. The van der Waals surface area contributed by atoms with Crippen LogP contribution in [0.15, 0.2) is 18.2 Å². The number of benzene rings is 1. The molecule has 0 aliphatic heterocycles. The van der Waals surface area contributed by atoms with Gasteiger partial charge in [0.15, 0.2) is 0 Å². The highest BCUT2D eigenvalue weighted by Crippen LogP contribution is 2.28. The molecular weight excluding hydrogens is 253 g/mol. The maximum absolute atomic E-state index is 6.24. The van der Waals surface area contributed by atoms with Crippen LogP contribution in [0.1, 0.15) is 45.7 Å². The maximum Gasteiger partial charge on any atom is 0.0468 e. The van der Waals surface area contributed by atoms with Crippen molar-refractivity contribution in [2.75, 3.05) is 0 Å². The van der Waals surface area contributed by atoms with Crippen LogP contribution < -0.4 is 5.32 Å². The molecule has 96 valence electrons. The minimum Gasteiger partial charge on any atom is -0.307 e. The number of nitrogens with one attached hydrogen (secondary N) is 1. The largest absolute Gasteiger partial charge is 0.307 e. The molecule has 0 radical (unpaired) electrons. The average Bonchev–Trinajstić information content (AvgIpc) is 2.26. The molecule has 1 aromatic carbocycles. The van der Waals surface area contributed by atoms with Crippen LogP contribution in [0.3, 0.4) is 0 Å². The van der Waals surface area contributed by atoms with Gasteiger partial charge in [0.1, 0.15) is 0 Å². The summed E-state index contributed by atoms with van der Waals surface area (Å²) in [5.41, 5.74) is 1.13. The zero-order chi connectivity index (χ0) is 13.0. The molecule has 3 heteroatoms. The SMILES string of the molecule is CCC(NC(C)C(C)C)c1ccc(Cl)cc1Cl. The van der Waals surface area contributed by atoms with Crippen LogP contribution in [0, 0.1) is 5.92 Å². The van der Waals surface area contributed by atoms with Crippen molar-refractivity contribution in [3.05, 3.63) is 33.8 Å². The molecule has 0 fully saturated rings. The van der Waals surface area contributed by atoms with E-state index in [0.717, 1.165) is 17.0 Å². The summed E-state index contributed by atoms with van der Waals surface area (Å²) in [5.74, 6) is 0.607. The van der Waals surface area contributed by atoms with E-state index in [1.54, 1.807) is 0 Å². The summed E-state index contributed by atoms with van der Waals surface area (Å²) >= 11 is 12.2. The van der Waals surface area contributed by atoms with Crippen LogP contribution in [-0.4, -0.2) is 6.04 Å². The Labute approximate surface area is 115 Å². The first kappa shape index (κ1) is 14.8. The van der Waals surface area contributed by atoms with Crippen LogP contribution in [0.25, 0.3) is 0 Å². The van der Waals surface area contributed by atoms with Gasteiger partial charge in [-0.2, -0.15) is 0 Å². The summed E-state index contributed by atoms with van der Waals surface area (Å²) in [6.07, 6.45) is 1.01. The lowest BCUT2D eigenvalue weighted by Crippen LogP contribution is -2.34. The van der Waals surface area contributed by atoms with E-state index in [9.17, 15) is 0 Å². The number of hydrogen-bond donors (Lipinski definition) is 1. The summed E-state index contributed by atoms with van der Waals surface area (Å²) in [4.78, 5) is 0. The molecule has 2 atom stereocenters. The molecule has 1 N–H and O–H groups in total. The Kier molecular flexibility index (Phi) is 5.78. The zero-order valence-corrected chi connectivity index (χ0v) is 12.4. The van der Waals surface area contributed by atoms with E-state index in [-0.39, 0.29) is 6.04 Å². The number of rotatable bonds is 5. The summed E-state index contributed by atoms with van der Waals surface area (Å²) in [6, 6.07) is 6.47. The third kappa shape index (κ3) is 4.17. The Morgan fingerprint density at radius 2 is 1.82 bits per heavy atom. The van der Waals surface area contributed by atoms with Gasteiger partial charge in [-0.25, -0.2) is 0 Å². The van der Waals surface area contributed by atoms with E-state index in [1.165, 1.54) is 0 Å².